The van der Waals surface area contributed by atoms with E-state index in [9.17, 15) is 9.59 Å². The molecule has 3 aromatic rings. The zero-order valence-electron chi connectivity index (χ0n) is 15.0. The van der Waals surface area contributed by atoms with Crippen LogP contribution >= 0.6 is 11.3 Å². The van der Waals surface area contributed by atoms with E-state index >= 15 is 0 Å². The molecule has 0 radical (unpaired) electrons. The highest BCUT2D eigenvalue weighted by molar-refractivity contribution is 7.14. The molecule has 6 nitrogen and oxygen atoms in total. The lowest BCUT2D eigenvalue weighted by molar-refractivity contribution is -0.148. The first-order chi connectivity index (χ1) is 13.1. The minimum Gasteiger partial charge on any atom is -0.457 e. The summed E-state index contributed by atoms with van der Waals surface area (Å²) in [5.74, 6) is -0.636. The fourth-order valence-electron chi connectivity index (χ4n) is 3.21. The Balaban J connectivity index is 1.29. The van der Waals surface area contributed by atoms with Crippen molar-refractivity contribution in [1.82, 2.24) is 4.98 Å². The SMILES string of the molecule is Cc1ccc(C(=O)COC(=O)C2CCN(c3nc4ccccc4o3)CC2)s1. The quantitative estimate of drug-likeness (QED) is 0.492. The average molecular weight is 384 g/mol. The molecule has 1 fully saturated rings. The van der Waals surface area contributed by atoms with Gasteiger partial charge in [-0.15, -0.1) is 11.3 Å². The van der Waals surface area contributed by atoms with Crippen LogP contribution in [0.4, 0.5) is 6.01 Å². The van der Waals surface area contributed by atoms with E-state index in [4.69, 9.17) is 9.15 Å². The Morgan fingerprint density at radius 1 is 1.22 bits per heavy atom. The van der Waals surface area contributed by atoms with Crippen molar-refractivity contribution in [3.05, 3.63) is 46.2 Å². The number of piperidine rings is 1. The van der Waals surface area contributed by atoms with Crippen molar-refractivity contribution in [2.45, 2.75) is 19.8 Å². The molecule has 0 bridgehead atoms. The van der Waals surface area contributed by atoms with Crippen LogP contribution in [0, 0.1) is 12.8 Å². The number of Topliss-reactive ketones (excluding diaryl/α,β-unsaturated/α-hetero) is 1. The summed E-state index contributed by atoms with van der Waals surface area (Å²) in [6.07, 6.45) is 1.31. The van der Waals surface area contributed by atoms with E-state index in [2.05, 4.69) is 4.98 Å². The summed E-state index contributed by atoms with van der Waals surface area (Å²) >= 11 is 1.42. The van der Waals surface area contributed by atoms with Crippen molar-refractivity contribution < 1.29 is 18.7 Å². The van der Waals surface area contributed by atoms with Crippen molar-refractivity contribution in [2.75, 3.05) is 24.6 Å². The highest BCUT2D eigenvalue weighted by atomic mass is 32.1. The van der Waals surface area contributed by atoms with Crippen LogP contribution in [0.25, 0.3) is 11.1 Å². The predicted octanol–water partition coefficient (Wildman–Crippen LogP) is 3.84. The summed E-state index contributed by atoms with van der Waals surface area (Å²) in [4.78, 5) is 32.6. The second-order valence-electron chi connectivity index (χ2n) is 6.67. The first kappa shape index (κ1) is 17.7. The Morgan fingerprint density at radius 3 is 2.70 bits per heavy atom. The van der Waals surface area contributed by atoms with Crippen molar-refractivity contribution in [1.29, 1.82) is 0 Å². The van der Waals surface area contributed by atoms with Crippen LogP contribution < -0.4 is 4.90 Å². The smallest absolute Gasteiger partial charge is 0.309 e. The number of hydrogen-bond acceptors (Lipinski definition) is 7. The number of rotatable bonds is 5. The van der Waals surface area contributed by atoms with Gasteiger partial charge in [-0.05, 0) is 44.0 Å². The Kier molecular flexibility index (Phi) is 4.94. The molecule has 1 saturated heterocycles. The lowest BCUT2D eigenvalue weighted by Crippen LogP contribution is -2.37. The fourth-order valence-corrected chi connectivity index (χ4v) is 4.00. The van der Waals surface area contributed by atoms with Gasteiger partial charge in [-0.1, -0.05) is 12.1 Å². The molecule has 7 heteroatoms. The number of ketones is 1. The molecular weight excluding hydrogens is 364 g/mol. The molecule has 0 amide bonds. The topological polar surface area (TPSA) is 72.6 Å². The lowest BCUT2D eigenvalue weighted by Gasteiger charge is -2.29. The minimum absolute atomic E-state index is 0.148. The maximum Gasteiger partial charge on any atom is 0.309 e. The van der Waals surface area contributed by atoms with Gasteiger partial charge in [0.1, 0.15) is 5.52 Å². The number of ether oxygens (including phenoxy) is 1. The number of aryl methyl sites for hydroxylation is 1. The largest absolute Gasteiger partial charge is 0.457 e. The molecule has 0 N–H and O–H groups in total. The monoisotopic (exact) mass is 384 g/mol. The predicted molar refractivity (Wildman–Crippen MR) is 103 cm³/mol. The molecular formula is C20H20N2O4S. The van der Waals surface area contributed by atoms with Crippen LogP contribution in [0.3, 0.4) is 0 Å². The average Bonchev–Trinajstić information content (AvgIpc) is 3.32. The second kappa shape index (κ2) is 7.52. The first-order valence-electron chi connectivity index (χ1n) is 8.97. The van der Waals surface area contributed by atoms with Crippen molar-refractivity contribution in [3.63, 3.8) is 0 Å². The number of oxazole rings is 1. The minimum atomic E-state index is -0.297. The third-order valence-electron chi connectivity index (χ3n) is 4.74. The summed E-state index contributed by atoms with van der Waals surface area (Å²) in [6.45, 7) is 3.09. The van der Waals surface area contributed by atoms with Crippen molar-refractivity contribution >= 4 is 40.2 Å². The Morgan fingerprint density at radius 2 is 2.00 bits per heavy atom. The molecule has 0 unspecified atom stereocenters. The number of esters is 1. The van der Waals surface area contributed by atoms with Crippen LogP contribution in [0.15, 0.2) is 40.8 Å². The van der Waals surface area contributed by atoms with Gasteiger partial charge in [-0.3, -0.25) is 9.59 Å². The van der Waals surface area contributed by atoms with Gasteiger partial charge in [0.05, 0.1) is 10.8 Å². The molecule has 0 saturated carbocycles. The Bertz CT molecular complexity index is 936. The number of carbonyl (C=O) groups is 2. The molecule has 1 aliphatic heterocycles. The number of nitrogens with zero attached hydrogens (tertiary/aromatic N) is 2. The van der Waals surface area contributed by atoms with Gasteiger partial charge in [0, 0.05) is 18.0 Å². The molecule has 1 aromatic carbocycles. The molecule has 0 atom stereocenters. The van der Waals surface area contributed by atoms with E-state index in [1.54, 1.807) is 6.07 Å². The number of aromatic nitrogens is 1. The van der Waals surface area contributed by atoms with E-state index < -0.39 is 0 Å². The summed E-state index contributed by atoms with van der Waals surface area (Å²) in [5, 5.41) is 0. The number of benzene rings is 1. The maximum absolute atomic E-state index is 12.3. The molecule has 140 valence electrons. The number of thiophene rings is 1. The number of carbonyl (C=O) groups excluding carboxylic acids is 2. The van der Waals surface area contributed by atoms with Crippen molar-refractivity contribution in [3.8, 4) is 0 Å². The summed E-state index contributed by atoms with van der Waals surface area (Å²) < 4.78 is 11.0. The normalized spacial score (nSPS) is 15.2. The number of para-hydroxylation sites is 2. The van der Waals surface area contributed by atoms with Gasteiger partial charge < -0.3 is 14.1 Å². The number of anilines is 1. The Hall–Kier alpha value is -2.67. The molecule has 2 aromatic heterocycles. The highest BCUT2D eigenvalue weighted by Crippen LogP contribution is 2.27. The van der Waals surface area contributed by atoms with E-state index in [0.717, 1.165) is 16.0 Å². The molecule has 27 heavy (non-hydrogen) atoms. The molecule has 4 rings (SSSR count). The van der Waals surface area contributed by atoms with Gasteiger partial charge >= 0.3 is 5.97 Å². The van der Waals surface area contributed by atoms with Gasteiger partial charge in [0.15, 0.2) is 12.2 Å². The second-order valence-corrected chi connectivity index (χ2v) is 7.95. The van der Waals surface area contributed by atoms with Crippen LogP contribution in [-0.4, -0.2) is 36.4 Å². The van der Waals surface area contributed by atoms with Gasteiger partial charge in [0.25, 0.3) is 6.01 Å². The van der Waals surface area contributed by atoms with Gasteiger partial charge in [-0.25, -0.2) is 0 Å². The molecule has 0 aliphatic carbocycles. The molecule has 1 aliphatic rings. The van der Waals surface area contributed by atoms with Crippen LogP contribution in [0.5, 0.6) is 0 Å². The van der Waals surface area contributed by atoms with Crippen molar-refractivity contribution in [2.24, 2.45) is 5.92 Å². The highest BCUT2D eigenvalue weighted by Gasteiger charge is 2.28. The summed E-state index contributed by atoms with van der Waals surface area (Å²) in [7, 11) is 0. The fraction of sp³-hybridized carbons (Fsp3) is 0.350. The number of fused-ring (bicyclic) bond motifs is 1. The lowest BCUT2D eigenvalue weighted by atomic mass is 9.97. The van der Waals surface area contributed by atoms with Crippen LogP contribution in [-0.2, 0) is 9.53 Å². The zero-order chi connectivity index (χ0) is 18.8. The van der Waals surface area contributed by atoms with E-state index in [-0.39, 0.29) is 24.3 Å². The summed E-state index contributed by atoms with van der Waals surface area (Å²) in [5.41, 5.74) is 1.59. The van der Waals surface area contributed by atoms with Crippen LogP contribution in [0.2, 0.25) is 0 Å². The van der Waals surface area contributed by atoms with Gasteiger partial charge in [0.2, 0.25) is 5.78 Å². The van der Waals surface area contributed by atoms with E-state index in [0.29, 0.717) is 36.8 Å². The van der Waals surface area contributed by atoms with E-state index in [1.165, 1.54) is 11.3 Å². The van der Waals surface area contributed by atoms with Crippen LogP contribution in [0.1, 0.15) is 27.4 Å². The Labute approximate surface area is 160 Å². The van der Waals surface area contributed by atoms with Gasteiger partial charge in [-0.2, -0.15) is 4.98 Å². The molecule has 3 heterocycles. The zero-order valence-corrected chi connectivity index (χ0v) is 15.8. The maximum atomic E-state index is 12.3. The standard InChI is InChI=1S/C20H20N2O4S/c1-13-6-7-18(27-13)16(23)12-25-19(24)14-8-10-22(11-9-14)20-21-15-4-2-3-5-17(15)26-20/h2-7,14H,8-12H2,1H3. The van der Waals surface area contributed by atoms with E-state index in [1.807, 2.05) is 42.2 Å². The number of hydrogen-bond donors (Lipinski definition) is 0. The summed E-state index contributed by atoms with van der Waals surface area (Å²) in [6, 6.07) is 11.9. The molecule has 0 spiro atoms. The third kappa shape index (κ3) is 3.88. The third-order valence-corrected chi connectivity index (χ3v) is 5.78. The first-order valence-corrected chi connectivity index (χ1v) is 9.78.